The summed E-state index contributed by atoms with van der Waals surface area (Å²) in [6.07, 6.45) is 1.02. The maximum atomic E-state index is 12.2. The highest BCUT2D eigenvalue weighted by Gasteiger charge is 2.20. The number of esters is 1. The topological polar surface area (TPSA) is 119 Å². The van der Waals surface area contributed by atoms with Gasteiger partial charge in [0.25, 0.3) is 11.8 Å². The van der Waals surface area contributed by atoms with Gasteiger partial charge in [0.15, 0.2) is 16.4 Å². The van der Waals surface area contributed by atoms with Crippen molar-refractivity contribution in [1.29, 1.82) is 0 Å². The molecular weight excluding hydrogens is 396 g/mol. The van der Waals surface area contributed by atoms with Crippen LogP contribution in [0.4, 0.5) is 5.69 Å². The number of aryl methyl sites for hydroxylation is 1. The maximum Gasteiger partial charge on any atom is 0.328 e. The summed E-state index contributed by atoms with van der Waals surface area (Å²) >= 11 is 0. The van der Waals surface area contributed by atoms with Gasteiger partial charge in [0.2, 0.25) is 0 Å². The molecule has 8 nitrogen and oxygen atoms in total. The van der Waals surface area contributed by atoms with Crippen LogP contribution in [0.2, 0.25) is 0 Å². The summed E-state index contributed by atoms with van der Waals surface area (Å²) in [5.74, 6) is -1.94. The minimum absolute atomic E-state index is 0.0431. The SMILES string of the molecule is Cc1cccc(C(=O)N[C@@H](C)C(=O)OCC(=O)Nc2ccccc2S(C)(=O)=O)c1. The van der Waals surface area contributed by atoms with Crippen molar-refractivity contribution in [2.45, 2.75) is 24.8 Å². The molecule has 0 radical (unpaired) electrons. The molecule has 0 aliphatic heterocycles. The van der Waals surface area contributed by atoms with Gasteiger partial charge in [-0.3, -0.25) is 9.59 Å². The van der Waals surface area contributed by atoms with Crippen LogP contribution in [0, 0.1) is 6.92 Å². The van der Waals surface area contributed by atoms with Crippen molar-refractivity contribution in [3.8, 4) is 0 Å². The summed E-state index contributed by atoms with van der Waals surface area (Å²) in [6, 6.07) is 11.8. The third-order valence-corrected chi connectivity index (χ3v) is 5.04. The van der Waals surface area contributed by atoms with E-state index < -0.39 is 40.3 Å². The van der Waals surface area contributed by atoms with Crippen LogP contribution < -0.4 is 10.6 Å². The highest BCUT2D eigenvalue weighted by molar-refractivity contribution is 7.90. The predicted molar refractivity (Wildman–Crippen MR) is 107 cm³/mol. The molecule has 2 amide bonds. The van der Waals surface area contributed by atoms with Gasteiger partial charge in [-0.05, 0) is 38.1 Å². The number of para-hydroxylation sites is 1. The molecule has 2 aromatic rings. The van der Waals surface area contributed by atoms with E-state index in [0.717, 1.165) is 11.8 Å². The Morgan fingerprint density at radius 2 is 1.76 bits per heavy atom. The van der Waals surface area contributed by atoms with Gasteiger partial charge in [0.05, 0.1) is 10.6 Å². The number of nitrogens with one attached hydrogen (secondary N) is 2. The number of hydrogen-bond acceptors (Lipinski definition) is 6. The van der Waals surface area contributed by atoms with Crippen LogP contribution in [-0.4, -0.2) is 45.1 Å². The largest absolute Gasteiger partial charge is 0.454 e. The molecule has 9 heteroatoms. The van der Waals surface area contributed by atoms with Crippen molar-refractivity contribution in [2.75, 3.05) is 18.2 Å². The fourth-order valence-electron chi connectivity index (χ4n) is 2.47. The maximum absolute atomic E-state index is 12.2. The first-order valence-corrected chi connectivity index (χ1v) is 10.6. The molecule has 2 N–H and O–H groups in total. The second kappa shape index (κ2) is 9.33. The Hall–Kier alpha value is -3.20. The molecular formula is C20H22N2O6S. The second-order valence-corrected chi connectivity index (χ2v) is 8.47. The Morgan fingerprint density at radius 3 is 2.41 bits per heavy atom. The van der Waals surface area contributed by atoms with Gasteiger partial charge in [-0.2, -0.15) is 0 Å². The van der Waals surface area contributed by atoms with Gasteiger partial charge in [0, 0.05) is 11.8 Å². The van der Waals surface area contributed by atoms with E-state index in [-0.39, 0.29) is 10.6 Å². The lowest BCUT2D eigenvalue weighted by Gasteiger charge is -2.14. The normalized spacial score (nSPS) is 12.0. The van der Waals surface area contributed by atoms with E-state index in [2.05, 4.69) is 10.6 Å². The highest BCUT2D eigenvalue weighted by Crippen LogP contribution is 2.20. The summed E-state index contributed by atoms with van der Waals surface area (Å²) in [5.41, 5.74) is 1.40. The van der Waals surface area contributed by atoms with Gasteiger partial charge in [-0.15, -0.1) is 0 Å². The molecule has 0 fully saturated rings. The van der Waals surface area contributed by atoms with Crippen molar-refractivity contribution in [3.63, 3.8) is 0 Å². The average Bonchev–Trinajstić information content (AvgIpc) is 2.65. The van der Waals surface area contributed by atoms with Crippen LogP contribution in [-0.2, 0) is 24.2 Å². The van der Waals surface area contributed by atoms with Gasteiger partial charge in [0.1, 0.15) is 6.04 Å². The van der Waals surface area contributed by atoms with Crippen LogP contribution >= 0.6 is 0 Å². The summed E-state index contributed by atoms with van der Waals surface area (Å²) in [7, 11) is -3.54. The lowest BCUT2D eigenvalue weighted by molar-refractivity contribution is -0.148. The van der Waals surface area contributed by atoms with E-state index in [9.17, 15) is 22.8 Å². The van der Waals surface area contributed by atoms with E-state index in [0.29, 0.717) is 5.56 Å². The smallest absolute Gasteiger partial charge is 0.328 e. The lowest BCUT2D eigenvalue weighted by Crippen LogP contribution is -2.40. The van der Waals surface area contributed by atoms with E-state index in [4.69, 9.17) is 4.74 Å². The Morgan fingerprint density at radius 1 is 1.07 bits per heavy atom. The molecule has 0 aliphatic carbocycles. The molecule has 29 heavy (non-hydrogen) atoms. The Bertz CT molecular complexity index is 1030. The number of amides is 2. The Balaban J connectivity index is 1.90. The first-order chi connectivity index (χ1) is 13.6. The molecule has 0 saturated heterocycles. The number of hydrogen-bond donors (Lipinski definition) is 2. The van der Waals surface area contributed by atoms with Gasteiger partial charge in [-0.25, -0.2) is 13.2 Å². The zero-order valence-corrected chi connectivity index (χ0v) is 17.1. The van der Waals surface area contributed by atoms with Gasteiger partial charge >= 0.3 is 5.97 Å². The summed E-state index contributed by atoms with van der Waals surface area (Å²) in [5, 5.41) is 4.90. The molecule has 0 bridgehead atoms. The third kappa shape index (κ3) is 6.42. The number of sulfone groups is 1. The van der Waals surface area contributed by atoms with Crippen LogP contribution in [0.5, 0.6) is 0 Å². The summed E-state index contributed by atoms with van der Waals surface area (Å²) in [4.78, 5) is 36.2. The standard InChI is InChI=1S/C20H22N2O6S/c1-13-7-6-8-15(11-13)19(24)21-14(2)20(25)28-12-18(23)22-16-9-4-5-10-17(16)29(3,26)27/h4-11,14H,12H2,1-3H3,(H,21,24)(H,22,23)/t14-/m0/s1. The highest BCUT2D eigenvalue weighted by atomic mass is 32.2. The second-order valence-electron chi connectivity index (χ2n) is 6.49. The molecule has 0 unspecified atom stereocenters. The number of carbonyl (C=O) groups is 3. The van der Waals surface area contributed by atoms with Crippen LogP contribution in [0.1, 0.15) is 22.8 Å². The number of rotatable bonds is 7. The van der Waals surface area contributed by atoms with E-state index in [1.54, 1.807) is 24.3 Å². The molecule has 0 spiro atoms. The molecule has 0 aliphatic rings. The fourth-order valence-corrected chi connectivity index (χ4v) is 3.31. The van der Waals surface area contributed by atoms with E-state index in [1.165, 1.54) is 25.1 Å². The van der Waals surface area contributed by atoms with E-state index in [1.807, 2.05) is 13.0 Å². The monoisotopic (exact) mass is 418 g/mol. The van der Waals surface area contributed by atoms with Crippen molar-refractivity contribution >= 4 is 33.3 Å². The zero-order chi connectivity index (χ0) is 21.6. The molecule has 0 saturated carbocycles. The number of ether oxygens (including phenoxy) is 1. The average molecular weight is 418 g/mol. The molecule has 2 rings (SSSR count). The Kier molecular flexibility index (Phi) is 7.11. The van der Waals surface area contributed by atoms with Crippen molar-refractivity contribution in [2.24, 2.45) is 0 Å². The van der Waals surface area contributed by atoms with Crippen LogP contribution in [0.25, 0.3) is 0 Å². The van der Waals surface area contributed by atoms with Crippen molar-refractivity contribution in [1.82, 2.24) is 5.32 Å². The first kappa shape index (κ1) is 22.1. The number of benzene rings is 2. The first-order valence-electron chi connectivity index (χ1n) is 8.71. The minimum atomic E-state index is -3.54. The molecule has 0 aromatic heterocycles. The summed E-state index contributed by atoms with van der Waals surface area (Å²) in [6.45, 7) is 2.66. The number of anilines is 1. The van der Waals surface area contributed by atoms with Gasteiger partial charge in [-0.1, -0.05) is 29.8 Å². The van der Waals surface area contributed by atoms with Crippen LogP contribution in [0.15, 0.2) is 53.4 Å². The predicted octanol–water partition coefficient (Wildman–Crippen LogP) is 1.70. The Labute approximate surface area is 169 Å². The third-order valence-electron chi connectivity index (χ3n) is 3.89. The molecule has 154 valence electrons. The minimum Gasteiger partial charge on any atom is -0.454 e. The zero-order valence-electron chi connectivity index (χ0n) is 16.3. The molecule has 0 heterocycles. The van der Waals surface area contributed by atoms with Crippen LogP contribution in [0.3, 0.4) is 0 Å². The van der Waals surface area contributed by atoms with E-state index >= 15 is 0 Å². The summed E-state index contributed by atoms with van der Waals surface area (Å²) < 4.78 is 28.4. The van der Waals surface area contributed by atoms with Crippen molar-refractivity contribution in [3.05, 3.63) is 59.7 Å². The molecule has 2 aromatic carbocycles. The fraction of sp³-hybridized carbons (Fsp3) is 0.250. The number of carbonyl (C=O) groups excluding carboxylic acids is 3. The quantitative estimate of drug-likeness (QED) is 0.661. The van der Waals surface area contributed by atoms with Gasteiger partial charge < -0.3 is 15.4 Å². The lowest BCUT2D eigenvalue weighted by atomic mass is 10.1. The van der Waals surface area contributed by atoms with Crippen molar-refractivity contribution < 1.29 is 27.5 Å². The molecule has 1 atom stereocenters.